The topological polar surface area (TPSA) is 105 Å². The fraction of sp³-hybridized carbons (Fsp3) is 0.600. The first-order chi connectivity index (χ1) is 8.85. The van der Waals surface area contributed by atoms with E-state index in [0.29, 0.717) is 31.4 Å². The van der Waals surface area contributed by atoms with Gasteiger partial charge < -0.3 is 15.0 Å². The van der Waals surface area contributed by atoms with E-state index < -0.39 is 0 Å². The molecule has 0 aromatic carbocycles. The summed E-state index contributed by atoms with van der Waals surface area (Å²) in [5, 5.41) is 11.8. The lowest BCUT2D eigenvalue weighted by atomic mass is 10.1. The summed E-state index contributed by atoms with van der Waals surface area (Å²) in [6, 6.07) is 0. The number of aromatic nitrogens is 5. The van der Waals surface area contributed by atoms with Gasteiger partial charge in [-0.2, -0.15) is 4.98 Å². The maximum Gasteiger partial charge on any atom is 0.248 e. The van der Waals surface area contributed by atoms with Crippen molar-refractivity contribution in [3.8, 4) is 0 Å². The van der Waals surface area contributed by atoms with Gasteiger partial charge in [-0.25, -0.2) is 4.68 Å². The predicted molar refractivity (Wildman–Crippen MR) is 59.5 cm³/mol. The van der Waals surface area contributed by atoms with Crippen LogP contribution in [0.2, 0.25) is 0 Å². The minimum atomic E-state index is 0.248. The Labute approximate surface area is 103 Å². The van der Waals surface area contributed by atoms with Gasteiger partial charge >= 0.3 is 0 Å². The molecule has 1 aliphatic heterocycles. The molecule has 18 heavy (non-hydrogen) atoms. The number of nitrogens with two attached hydrogens (primary N) is 1. The maximum absolute atomic E-state index is 5.46. The van der Waals surface area contributed by atoms with Gasteiger partial charge in [0.05, 0.1) is 18.5 Å². The molecule has 96 valence electrons. The van der Waals surface area contributed by atoms with E-state index in [2.05, 4.69) is 20.5 Å². The molecule has 0 radical (unpaired) electrons. The highest BCUT2D eigenvalue weighted by molar-refractivity contribution is 4.98. The van der Waals surface area contributed by atoms with E-state index >= 15 is 0 Å². The quantitative estimate of drug-likeness (QED) is 0.792. The summed E-state index contributed by atoms with van der Waals surface area (Å²) in [5.41, 5.74) is 6.20. The zero-order chi connectivity index (χ0) is 12.4. The molecule has 1 saturated heterocycles. The van der Waals surface area contributed by atoms with Crippen LogP contribution in [0.1, 0.15) is 29.7 Å². The van der Waals surface area contributed by atoms with Crippen LogP contribution in [0.3, 0.4) is 0 Å². The summed E-state index contributed by atoms with van der Waals surface area (Å²) in [4.78, 5) is 4.34. The monoisotopic (exact) mass is 250 g/mol. The van der Waals surface area contributed by atoms with Crippen LogP contribution in [0.25, 0.3) is 0 Å². The van der Waals surface area contributed by atoms with Crippen LogP contribution in [0.4, 0.5) is 0 Å². The molecular weight excluding hydrogens is 236 g/mol. The van der Waals surface area contributed by atoms with Crippen molar-refractivity contribution in [2.24, 2.45) is 5.73 Å². The van der Waals surface area contributed by atoms with Gasteiger partial charge in [0.1, 0.15) is 6.54 Å². The first kappa shape index (κ1) is 11.3. The average molecular weight is 250 g/mol. The second kappa shape index (κ2) is 4.83. The van der Waals surface area contributed by atoms with Gasteiger partial charge in [0.25, 0.3) is 0 Å². The molecule has 2 aromatic heterocycles. The predicted octanol–water partition coefficient (Wildman–Crippen LogP) is -0.328. The van der Waals surface area contributed by atoms with Crippen molar-refractivity contribution in [2.75, 3.05) is 13.2 Å². The van der Waals surface area contributed by atoms with E-state index in [1.807, 2.05) is 0 Å². The van der Waals surface area contributed by atoms with Crippen molar-refractivity contribution in [3.63, 3.8) is 0 Å². The van der Waals surface area contributed by atoms with Crippen LogP contribution < -0.4 is 5.73 Å². The van der Waals surface area contributed by atoms with Crippen molar-refractivity contribution in [1.82, 2.24) is 25.1 Å². The molecular formula is C10H14N6O2. The van der Waals surface area contributed by atoms with Crippen LogP contribution in [0, 0.1) is 0 Å². The molecule has 0 saturated carbocycles. The van der Waals surface area contributed by atoms with Crippen LogP contribution in [0.15, 0.2) is 10.7 Å². The third-order valence-electron chi connectivity index (χ3n) is 2.87. The normalized spacial score (nSPS) is 19.5. The van der Waals surface area contributed by atoms with Crippen molar-refractivity contribution in [1.29, 1.82) is 0 Å². The second-order valence-corrected chi connectivity index (χ2v) is 4.22. The van der Waals surface area contributed by atoms with Crippen LogP contribution in [0.5, 0.6) is 0 Å². The number of rotatable bonds is 4. The Morgan fingerprint density at radius 2 is 2.44 bits per heavy atom. The summed E-state index contributed by atoms with van der Waals surface area (Å²) in [7, 11) is 0. The van der Waals surface area contributed by atoms with Gasteiger partial charge in [-0.15, -0.1) is 5.10 Å². The summed E-state index contributed by atoms with van der Waals surface area (Å²) >= 11 is 0. The summed E-state index contributed by atoms with van der Waals surface area (Å²) in [6.07, 6.45) is 2.71. The fourth-order valence-corrected chi connectivity index (χ4v) is 1.88. The standard InChI is InChI=1S/C10H14N6O2/c11-3-8-4-16(15-13-8)5-9-12-10(14-18-9)7-1-2-17-6-7/h4,7H,1-3,5-6,11H2. The zero-order valence-corrected chi connectivity index (χ0v) is 9.82. The Kier molecular flexibility index (Phi) is 3.03. The highest BCUT2D eigenvalue weighted by Crippen LogP contribution is 2.22. The molecule has 1 unspecified atom stereocenters. The number of hydrogen-bond acceptors (Lipinski definition) is 7. The molecule has 3 heterocycles. The molecule has 1 atom stereocenters. The smallest absolute Gasteiger partial charge is 0.248 e. The molecule has 3 rings (SSSR count). The van der Waals surface area contributed by atoms with E-state index in [0.717, 1.165) is 18.7 Å². The Hall–Kier alpha value is -1.80. The third kappa shape index (κ3) is 2.24. The molecule has 0 amide bonds. The van der Waals surface area contributed by atoms with E-state index in [1.165, 1.54) is 0 Å². The second-order valence-electron chi connectivity index (χ2n) is 4.22. The van der Waals surface area contributed by atoms with Gasteiger partial charge in [-0.1, -0.05) is 10.4 Å². The Morgan fingerprint density at radius 1 is 1.50 bits per heavy atom. The largest absolute Gasteiger partial charge is 0.381 e. The SMILES string of the molecule is NCc1cn(Cc2nc(C3CCOC3)no2)nn1. The van der Waals surface area contributed by atoms with Crippen LogP contribution in [-0.4, -0.2) is 38.3 Å². The van der Waals surface area contributed by atoms with Gasteiger partial charge in [0.15, 0.2) is 5.82 Å². The van der Waals surface area contributed by atoms with E-state index in [-0.39, 0.29) is 5.92 Å². The molecule has 1 aliphatic rings. The lowest BCUT2D eigenvalue weighted by molar-refractivity contribution is 0.192. The first-order valence-corrected chi connectivity index (χ1v) is 5.84. The summed E-state index contributed by atoms with van der Waals surface area (Å²) < 4.78 is 12.1. The highest BCUT2D eigenvalue weighted by Gasteiger charge is 2.23. The number of hydrogen-bond donors (Lipinski definition) is 1. The molecule has 0 spiro atoms. The summed E-state index contributed by atoms with van der Waals surface area (Å²) in [6.45, 7) is 2.21. The molecule has 1 fully saturated rings. The number of ether oxygens (including phenoxy) is 1. The maximum atomic E-state index is 5.46. The van der Waals surface area contributed by atoms with Crippen molar-refractivity contribution in [3.05, 3.63) is 23.6 Å². The van der Waals surface area contributed by atoms with Crippen molar-refractivity contribution >= 4 is 0 Å². The van der Waals surface area contributed by atoms with Crippen LogP contribution >= 0.6 is 0 Å². The van der Waals surface area contributed by atoms with Crippen molar-refractivity contribution in [2.45, 2.75) is 25.4 Å². The first-order valence-electron chi connectivity index (χ1n) is 5.84. The molecule has 0 bridgehead atoms. The zero-order valence-electron chi connectivity index (χ0n) is 9.82. The third-order valence-corrected chi connectivity index (χ3v) is 2.87. The lowest BCUT2D eigenvalue weighted by Crippen LogP contribution is -2.03. The fourth-order valence-electron chi connectivity index (χ4n) is 1.88. The molecule has 0 aliphatic carbocycles. The Balaban J connectivity index is 1.69. The summed E-state index contributed by atoms with van der Waals surface area (Å²) in [5.74, 6) is 1.48. The van der Waals surface area contributed by atoms with E-state index in [9.17, 15) is 0 Å². The Morgan fingerprint density at radius 3 is 3.17 bits per heavy atom. The van der Waals surface area contributed by atoms with E-state index in [1.54, 1.807) is 10.9 Å². The molecule has 2 N–H and O–H groups in total. The average Bonchev–Trinajstić information content (AvgIpc) is 3.10. The van der Waals surface area contributed by atoms with Gasteiger partial charge in [0.2, 0.25) is 5.89 Å². The Bertz CT molecular complexity index is 516. The van der Waals surface area contributed by atoms with Crippen LogP contribution in [-0.2, 0) is 17.8 Å². The molecule has 8 heteroatoms. The highest BCUT2D eigenvalue weighted by atomic mass is 16.5. The van der Waals surface area contributed by atoms with Gasteiger partial charge in [0, 0.05) is 19.1 Å². The van der Waals surface area contributed by atoms with Gasteiger partial charge in [-0.3, -0.25) is 0 Å². The van der Waals surface area contributed by atoms with Crippen molar-refractivity contribution < 1.29 is 9.26 Å². The van der Waals surface area contributed by atoms with Gasteiger partial charge in [-0.05, 0) is 6.42 Å². The minimum Gasteiger partial charge on any atom is -0.381 e. The molecule has 8 nitrogen and oxygen atoms in total. The molecule has 2 aromatic rings. The van der Waals surface area contributed by atoms with E-state index in [4.69, 9.17) is 15.0 Å². The number of nitrogens with zero attached hydrogens (tertiary/aromatic N) is 5. The minimum absolute atomic E-state index is 0.248. The lowest BCUT2D eigenvalue weighted by Gasteiger charge is -1.97.